The molecule has 0 radical (unpaired) electrons. The molecule has 0 aliphatic carbocycles. The van der Waals surface area contributed by atoms with E-state index in [0.29, 0.717) is 38.1 Å². The van der Waals surface area contributed by atoms with Crippen LogP contribution in [0.5, 0.6) is 5.88 Å². The molecule has 0 aliphatic rings. The summed E-state index contributed by atoms with van der Waals surface area (Å²) in [5.74, 6) is 6.16. The predicted octanol–water partition coefficient (Wildman–Crippen LogP) is -0.196. The van der Waals surface area contributed by atoms with Gasteiger partial charge in [-0.15, -0.1) is 0 Å². The lowest BCUT2D eigenvalue weighted by molar-refractivity contribution is 0.0536. The molecule has 0 saturated heterocycles. The van der Waals surface area contributed by atoms with E-state index in [1.165, 1.54) is 6.33 Å². The first-order valence-electron chi connectivity index (χ1n) is 4.85. The zero-order chi connectivity index (χ0) is 11.6. The van der Waals surface area contributed by atoms with Crippen molar-refractivity contribution in [2.24, 2.45) is 5.84 Å². The molecular weight excluding hydrogens is 212 g/mol. The molecular formula is C9H16N4O3. The lowest BCUT2D eigenvalue weighted by atomic mass is 10.6. The van der Waals surface area contributed by atoms with Gasteiger partial charge < -0.3 is 19.6 Å². The summed E-state index contributed by atoms with van der Waals surface area (Å²) in [6, 6.07) is 1.61. The molecule has 0 unspecified atom stereocenters. The minimum absolute atomic E-state index is 0.421. The Morgan fingerprint density at radius 3 is 2.81 bits per heavy atom. The topological polar surface area (TPSA) is 91.5 Å². The average molecular weight is 228 g/mol. The summed E-state index contributed by atoms with van der Waals surface area (Å²) in [5, 5.41) is 0. The van der Waals surface area contributed by atoms with Gasteiger partial charge in [-0.25, -0.2) is 15.8 Å². The van der Waals surface area contributed by atoms with Crippen molar-refractivity contribution >= 4 is 5.82 Å². The number of nitrogens with two attached hydrogens (primary N) is 1. The Hall–Kier alpha value is -1.44. The van der Waals surface area contributed by atoms with Crippen molar-refractivity contribution in [3.05, 3.63) is 12.4 Å². The summed E-state index contributed by atoms with van der Waals surface area (Å²) < 4.78 is 15.4. The second-order valence-corrected chi connectivity index (χ2v) is 2.84. The summed E-state index contributed by atoms with van der Waals surface area (Å²) in [5.41, 5.74) is 2.41. The molecule has 0 aromatic carbocycles. The first kappa shape index (κ1) is 12.6. The molecule has 90 valence electrons. The highest BCUT2D eigenvalue weighted by Gasteiger charge is 1.97. The van der Waals surface area contributed by atoms with Crippen molar-refractivity contribution in [1.82, 2.24) is 9.97 Å². The molecule has 0 amide bonds. The van der Waals surface area contributed by atoms with Gasteiger partial charge in [-0.3, -0.25) is 0 Å². The largest absolute Gasteiger partial charge is 0.475 e. The number of ether oxygens (including phenoxy) is 3. The fraction of sp³-hybridized carbons (Fsp3) is 0.556. The van der Waals surface area contributed by atoms with E-state index in [2.05, 4.69) is 15.4 Å². The summed E-state index contributed by atoms with van der Waals surface area (Å²) >= 11 is 0. The first-order chi connectivity index (χ1) is 7.86. The fourth-order valence-electron chi connectivity index (χ4n) is 0.947. The van der Waals surface area contributed by atoms with Gasteiger partial charge in [0.1, 0.15) is 18.8 Å². The monoisotopic (exact) mass is 228 g/mol. The molecule has 1 rings (SSSR count). The number of nitrogens with zero attached hydrogens (tertiary/aromatic N) is 2. The van der Waals surface area contributed by atoms with Crippen LogP contribution in [0.25, 0.3) is 0 Å². The minimum atomic E-state index is 0.421. The number of methoxy groups -OCH3 is 1. The zero-order valence-corrected chi connectivity index (χ0v) is 9.18. The van der Waals surface area contributed by atoms with E-state index in [1.807, 2.05) is 0 Å². The van der Waals surface area contributed by atoms with Crippen molar-refractivity contribution in [3.63, 3.8) is 0 Å². The normalized spacial score (nSPS) is 10.1. The van der Waals surface area contributed by atoms with Crippen LogP contribution in [0.2, 0.25) is 0 Å². The second kappa shape index (κ2) is 7.80. The van der Waals surface area contributed by atoms with E-state index in [-0.39, 0.29) is 0 Å². The van der Waals surface area contributed by atoms with Crippen LogP contribution in [0.4, 0.5) is 5.82 Å². The van der Waals surface area contributed by atoms with Crippen LogP contribution >= 0.6 is 0 Å². The van der Waals surface area contributed by atoms with Gasteiger partial charge in [0.05, 0.1) is 19.8 Å². The molecule has 0 saturated carbocycles. The molecule has 3 N–H and O–H groups in total. The Labute approximate surface area is 93.9 Å². The van der Waals surface area contributed by atoms with Crippen LogP contribution in [-0.4, -0.2) is 43.5 Å². The first-order valence-corrected chi connectivity index (χ1v) is 4.85. The van der Waals surface area contributed by atoms with Crippen LogP contribution in [0, 0.1) is 0 Å². The Morgan fingerprint density at radius 1 is 1.25 bits per heavy atom. The van der Waals surface area contributed by atoms with Gasteiger partial charge in [-0.05, 0) is 0 Å². The highest BCUT2D eigenvalue weighted by molar-refractivity contribution is 5.35. The van der Waals surface area contributed by atoms with Gasteiger partial charge in [0.25, 0.3) is 0 Å². The number of anilines is 1. The summed E-state index contributed by atoms with van der Waals surface area (Å²) in [4.78, 5) is 7.76. The van der Waals surface area contributed by atoms with Gasteiger partial charge in [-0.1, -0.05) is 0 Å². The number of hydrogen-bond donors (Lipinski definition) is 2. The van der Waals surface area contributed by atoms with Gasteiger partial charge in [0.2, 0.25) is 5.88 Å². The lowest BCUT2D eigenvalue weighted by Gasteiger charge is -2.06. The van der Waals surface area contributed by atoms with Gasteiger partial charge in [0.15, 0.2) is 0 Å². The number of nitrogens with one attached hydrogen (secondary N) is 1. The van der Waals surface area contributed by atoms with Crippen LogP contribution in [0.3, 0.4) is 0 Å². The van der Waals surface area contributed by atoms with Gasteiger partial charge >= 0.3 is 0 Å². The quantitative estimate of drug-likeness (QED) is 0.362. The molecule has 0 aliphatic heterocycles. The Kier molecular flexibility index (Phi) is 6.16. The van der Waals surface area contributed by atoms with E-state index in [9.17, 15) is 0 Å². The molecule has 7 heteroatoms. The minimum Gasteiger partial charge on any atom is -0.475 e. The number of hydrazine groups is 1. The van der Waals surface area contributed by atoms with Gasteiger partial charge in [-0.2, -0.15) is 0 Å². The second-order valence-electron chi connectivity index (χ2n) is 2.84. The standard InChI is InChI=1S/C9H16N4O3/c1-14-2-3-15-4-5-16-9-6-8(13-10)11-7-12-9/h6-7H,2-5,10H2,1H3,(H,11,12,13). The van der Waals surface area contributed by atoms with Gasteiger partial charge in [0, 0.05) is 13.2 Å². The van der Waals surface area contributed by atoms with Crippen LogP contribution in [0.1, 0.15) is 0 Å². The van der Waals surface area contributed by atoms with Crippen LogP contribution < -0.4 is 16.0 Å². The molecule has 1 aromatic heterocycles. The van der Waals surface area contributed by atoms with Crippen molar-refractivity contribution in [2.75, 3.05) is 39.0 Å². The molecule has 1 heterocycles. The predicted molar refractivity (Wildman–Crippen MR) is 58.0 cm³/mol. The van der Waals surface area contributed by atoms with Crippen molar-refractivity contribution in [3.8, 4) is 5.88 Å². The SMILES string of the molecule is COCCOCCOc1cc(NN)ncn1. The molecule has 0 spiro atoms. The van der Waals surface area contributed by atoms with Crippen molar-refractivity contribution in [1.29, 1.82) is 0 Å². The Bertz CT molecular complexity index is 298. The number of rotatable bonds is 8. The number of aromatic nitrogens is 2. The third-order valence-corrected chi connectivity index (χ3v) is 1.70. The van der Waals surface area contributed by atoms with E-state index in [0.717, 1.165) is 0 Å². The average Bonchev–Trinajstić information content (AvgIpc) is 2.34. The molecule has 1 aromatic rings. The fourth-order valence-corrected chi connectivity index (χ4v) is 0.947. The highest BCUT2D eigenvalue weighted by atomic mass is 16.5. The third kappa shape index (κ3) is 4.87. The zero-order valence-electron chi connectivity index (χ0n) is 9.18. The number of nitrogen functional groups attached to an aromatic ring is 1. The van der Waals surface area contributed by atoms with E-state index in [4.69, 9.17) is 20.1 Å². The van der Waals surface area contributed by atoms with E-state index in [1.54, 1.807) is 13.2 Å². The van der Waals surface area contributed by atoms with Crippen molar-refractivity contribution < 1.29 is 14.2 Å². The van der Waals surface area contributed by atoms with Crippen molar-refractivity contribution in [2.45, 2.75) is 0 Å². The maximum Gasteiger partial charge on any atom is 0.218 e. The maximum absolute atomic E-state index is 5.32. The summed E-state index contributed by atoms with van der Waals surface area (Å²) in [7, 11) is 1.63. The third-order valence-electron chi connectivity index (χ3n) is 1.70. The number of hydrogen-bond acceptors (Lipinski definition) is 7. The van der Waals surface area contributed by atoms with Crippen LogP contribution in [-0.2, 0) is 9.47 Å². The molecule has 0 bridgehead atoms. The Morgan fingerprint density at radius 2 is 2.06 bits per heavy atom. The Balaban J connectivity index is 2.16. The molecule has 16 heavy (non-hydrogen) atoms. The van der Waals surface area contributed by atoms with Crippen LogP contribution in [0.15, 0.2) is 12.4 Å². The molecule has 0 fully saturated rings. The van der Waals surface area contributed by atoms with E-state index >= 15 is 0 Å². The highest BCUT2D eigenvalue weighted by Crippen LogP contribution is 2.09. The molecule has 7 nitrogen and oxygen atoms in total. The summed E-state index contributed by atoms with van der Waals surface area (Å²) in [6.45, 7) is 2.04. The molecule has 0 atom stereocenters. The maximum atomic E-state index is 5.32. The lowest BCUT2D eigenvalue weighted by Crippen LogP contribution is -2.12. The smallest absolute Gasteiger partial charge is 0.218 e. The van der Waals surface area contributed by atoms with E-state index < -0.39 is 0 Å². The summed E-state index contributed by atoms with van der Waals surface area (Å²) in [6.07, 6.45) is 1.37.